The molecule has 0 fully saturated rings. The van der Waals surface area contributed by atoms with Crippen molar-refractivity contribution in [2.75, 3.05) is 0 Å². The van der Waals surface area contributed by atoms with E-state index in [1.165, 1.54) is 10.8 Å². The van der Waals surface area contributed by atoms with Crippen LogP contribution in [0.5, 0.6) is 0 Å². The van der Waals surface area contributed by atoms with E-state index in [4.69, 9.17) is 0 Å². The number of carbonyl (C=O) groups is 1. The highest BCUT2D eigenvalue weighted by molar-refractivity contribution is 5.99. The number of fused-ring (bicyclic) bond motifs is 2. The van der Waals surface area contributed by atoms with Crippen LogP contribution in [0.3, 0.4) is 0 Å². The van der Waals surface area contributed by atoms with Crippen molar-refractivity contribution in [2.24, 2.45) is 0 Å². The number of carbonyl (C=O) groups excluding carboxylic acids is 1. The minimum Gasteiger partial charge on any atom is -0.298 e. The van der Waals surface area contributed by atoms with Crippen molar-refractivity contribution in [2.45, 2.75) is 0 Å². The van der Waals surface area contributed by atoms with Crippen LogP contribution in [-0.2, 0) is 0 Å². The van der Waals surface area contributed by atoms with Crippen molar-refractivity contribution < 1.29 is 4.79 Å². The summed E-state index contributed by atoms with van der Waals surface area (Å²) in [5.41, 5.74) is 0.600. The standard InChI is InChI=1S/C15H9O/c16-10-11-5-6-14-8-12-3-1-2-4-13(12)9-15(14)7-11/h1-4,6-10H. The highest BCUT2D eigenvalue weighted by atomic mass is 16.1. The van der Waals surface area contributed by atoms with Crippen LogP contribution in [0.4, 0.5) is 0 Å². The molecule has 1 heteroatoms. The molecular weight excluding hydrogens is 196 g/mol. The average molecular weight is 205 g/mol. The Balaban J connectivity index is 2.41. The normalized spacial score (nSPS) is 10.8. The number of rotatable bonds is 1. The Bertz CT molecular complexity index is 683. The molecule has 0 aromatic heterocycles. The molecule has 3 rings (SSSR count). The number of hydrogen-bond acceptors (Lipinski definition) is 1. The fraction of sp³-hybridized carbons (Fsp3) is 0. The highest BCUT2D eigenvalue weighted by Crippen LogP contribution is 2.22. The van der Waals surface area contributed by atoms with E-state index in [0.717, 1.165) is 17.1 Å². The zero-order chi connectivity index (χ0) is 11.0. The molecule has 0 aliphatic heterocycles. The zero-order valence-corrected chi connectivity index (χ0v) is 8.60. The molecule has 3 aromatic rings. The van der Waals surface area contributed by atoms with Gasteiger partial charge < -0.3 is 0 Å². The molecule has 0 atom stereocenters. The van der Waals surface area contributed by atoms with Crippen LogP contribution < -0.4 is 0 Å². The molecule has 1 radical (unpaired) electrons. The summed E-state index contributed by atoms with van der Waals surface area (Å²) in [4.78, 5) is 10.7. The Hall–Kier alpha value is -2.15. The second kappa shape index (κ2) is 3.46. The maximum atomic E-state index is 10.7. The SMILES string of the molecule is O=Cc1[c]cc2cc3ccccc3cc2c1. The Labute approximate surface area is 93.3 Å². The first-order valence-electron chi connectivity index (χ1n) is 5.16. The fourth-order valence-corrected chi connectivity index (χ4v) is 1.96. The van der Waals surface area contributed by atoms with E-state index in [0.29, 0.717) is 5.56 Å². The second-order valence-electron chi connectivity index (χ2n) is 3.83. The van der Waals surface area contributed by atoms with Crippen molar-refractivity contribution >= 4 is 27.8 Å². The van der Waals surface area contributed by atoms with E-state index in [1.807, 2.05) is 24.3 Å². The molecule has 0 aliphatic carbocycles. The maximum absolute atomic E-state index is 10.7. The number of aldehydes is 1. The number of benzene rings is 3. The Morgan fingerprint density at radius 3 is 2.25 bits per heavy atom. The molecular formula is C15H9O. The van der Waals surface area contributed by atoms with Crippen LogP contribution in [0.2, 0.25) is 0 Å². The molecule has 0 bridgehead atoms. The topological polar surface area (TPSA) is 17.1 Å². The summed E-state index contributed by atoms with van der Waals surface area (Å²) in [6.07, 6.45) is 0.828. The lowest BCUT2D eigenvalue weighted by Gasteiger charge is -2.02. The smallest absolute Gasteiger partial charge is 0.150 e. The molecule has 16 heavy (non-hydrogen) atoms. The first-order valence-corrected chi connectivity index (χ1v) is 5.16. The van der Waals surface area contributed by atoms with E-state index in [1.54, 1.807) is 0 Å². The Morgan fingerprint density at radius 2 is 1.56 bits per heavy atom. The minimum atomic E-state index is 0.600. The lowest BCUT2D eigenvalue weighted by atomic mass is 10.0. The van der Waals surface area contributed by atoms with Crippen molar-refractivity contribution in [1.82, 2.24) is 0 Å². The molecule has 0 amide bonds. The molecule has 0 aliphatic rings. The predicted molar refractivity (Wildman–Crippen MR) is 65.7 cm³/mol. The van der Waals surface area contributed by atoms with Crippen LogP contribution in [0.15, 0.2) is 48.5 Å². The zero-order valence-electron chi connectivity index (χ0n) is 8.60. The van der Waals surface area contributed by atoms with Gasteiger partial charge in [-0.1, -0.05) is 24.3 Å². The molecule has 75 valence electrons. The second-order valence-corrected chi connectivity index (χ2v) is 3.83. The van der Waals surface area contributed by atoms with Crippen molar-refractivity contribution in [3.05, 3.63) is 60.2 Å². The Kier molecular flexibility index (Phi) is 1.97. The molecule has 0 saturated heterocycles. The Morgan fingerprint density at radius 1 is 0.875 bits per heavy atom. The van der Waals surface area contributed by atoms with Gasteiger partial charge in [0.1, 0.15) is 0 Å². The van der Waals surface area contributed by atoms with Crippen LogP contribution in [0.1, 0.15) is 10.4 Å². The van der Waals surface area contributed by atoms with Gasteiger partial charge in [0, 0.05) is 5.56 Å². The summed E-state index contributed by atoms with van der Waals surface area (Å²) in [5, 5.41) is 4.60. The van der Waals surface area contributed by atoms with Gasteiger partial charge in [-0.3, -0.25) is 4.79 Å². The monoisotopic (exact) mass is 205 g/mol. The molecule has 3 aromatic carbocycles. The van der Waals surface area contributed by atoms with Crippen LogP contribution in [0.25, 0.3) is 21.5 Å². The lowest BCUT2D eigenvalue weighted by Crippen LogP contribution is -1.81. The summed E-state index contributed by atoms with van der Waals surface area (Å²) in [6.45, 7) is 0. The number of hydrogen-bond donors (Lipinski definition) is 0. The lowest BCUT2D eigenvalue weighted by molar-refractivity contribution is 0.112. The van der Waals surface area contributed by atoms with Crippen molar-refractivity contribution in [3.63, 3.8) is 0 Å². The summed E-state index contributed by atoms with van der Waals surface area (Å²) in [6, 6.07) is 19.1. The van der Waals surface area contributed by atoms with Gasteiger partial charge in [-0.15, -0.1) is 0 Å². The third kappa shape index (κ3) is 1.38. The first-order chi connectivity index (χ1) is 7.86. The maximum Gasteiger partial charge on any atom is 0.150 e. The first kappa shape index (κ1) is 9.10. The van der Waals surface area contributed by atoms with E-state index < -0.39 is 0 Å². The highest BCUT2D eigenvalue weighted by Gasteiger charge is 1.98. The van der Waals surface area contributed by atoms with E-state index >= 15 is 0 Å². The van der Waals surface area contributed by atoms with E-state index in [9.17, 15) is 4.79 Å². The summed E-state index contributed by atoms with van der Waals surface area (Å²) in [7, 11) is 0. The van der Waals surface area contributed by atoms with Gasteiger partial charge in [-0.05, 0) is 51.9 Å². The van der Waals surface area contributed by atoms with E-state index in [2.05, 4.69) is 30.3 Å². The largest absolute Gasteiger partial charge is 0.298 e. The molecule has 0 unspecified atom stereocenters. The third-order valence-corrected chi connectivity index (χ3v) is 2.78. The van der Waals surface area contributed by atoms with Crippen molar-refractivity contribution in [3.8, 4) is 0 Å². The third-order valence-electron chi connectivity index (χ3n) is 2.78. The van der Waals surface area contributed by atoms with Crippen LogP contribution in [0, 0.1) is 6.07 Å². The van der Waals surface area contributed by atoms with Gasteiger partial charge in [-0.25, -0.2) is 0 Å². The molecule has 0 N–H and O–H groups in total. The quantitative estimate of drug-likeness (QED) is 0.438. The molecule has 0 heterocycles. The van der Waals surface area contributed by atoms with Gasteiger partial charge in [0.2, 0.25) is 0 Å². The van der Waals surface area contributed by atoms with Gasteiger partial charge >= 0.3 is 0 Å². The average Bonchev–Trinajstić information content (AvgIpc) is 2.35. The van der Waals surface area contributed by atoms with Gasteiger partial charge in [-0.2, -0.15) is 0 Å². The molecule has 0 saturated carbocycles. The summed E-state index contributed by atoms with van der Waals surface area (Å²) in [5.74, 6) is 0. The summed E-state index contributed by atoms with van der Waals surface area (Å²) >= 11 is 0. The molecule has 0 spiro atoms. The van der Waals surface area contributed by atoms with Crippen LogP contribution >= 0.6 is 0 Å². The summed E-state index contributed by atoms with van der Waals surface area (Å²) < 4.78 is 0. The van der Waals surface area contributed by atoms with Gasteiger partial charge in [0.25, 0.3) is 0 Å². The molecule has 1 nitrogen and oxygen atoms in total. The van der Waals surface area contributed by atoms with Gasteiger partial charge in [0.15, 0.2) is 6.29 Å². The van der Waals surface area contributed by atoms with Crippen molar-refractivity contribution in [1.29, 1.82) is 0 Å². The predicted octanol–water partition coefficient (Wildman–Crippen LogP) is 3.61. The van der Waals surface area contributed by atoms with Gasteiger partial charge in [0.05, 0.1) is 0 Å². The van der Waals surface area contributed by atoms with Crippen LogP contribution in [-0.4, -0.2) is 6.29 Å². The fourth-order valence-electron chi connectivity index (χ4n) is 1.96. The minimum absolute atomic E-state index is 0.600. The van der Waals surface area contributed by atoms with E-state index in [-0.39, 0.29) is 0 Å².